The van der Waals surface area contributed by atoms with Crippen molar-refractivity contribution in [3.63, 3.8) is 0 Å². The number of aliphatic hydroxyl groups is 1. The molecule has 1 saturated heterocycles. The number of benzene rings is 2. The molecule has 0 amide bonds. The fourth-order valence-corrected chi connectivity index (χ4v) is 4.36. The lowest BCUT2D eigenvalue weighted by Gasteiger charge is -2.30. The molecule has 0 radical (unpaired) electrons. The third kappa shape index (κ3) is 14.0. The lowest BCUT2D eigenvalue weighted by molar-refractivity contribution is 0.399. The van der Waals surface area contributed by atoms with E-state index in [0.717, 1.165) is 54.8 Å². The molecule has 1 aromatic heterocycles. The van der Waals surface area contributed by atoms with E-state index in [0.29, 0.717) is 5.69 Å². The van der Waals surface area contributed by atoms with Crippen molar-refractivity contribution >= 4 is 23.0 Å². The molecule has 1 unspecified atom stereocenters. The Labute approximate surface area is 258 Å². The van der Waals surface area contributed by atoms with E-state index in [9.17, 15) is 4.39 Å². The van der Waals surface area contributed by atoms with Gasteiger partial charge in [0.2, 0.25) is 0 Å². The molecule has 2 aromatic carbocycles. The third-order valence-electron chi connectivity index (χ3n) is 6.49. The summed E-state index contributed by atoms with van der Waals surface area (Å²) in [7, 11) is 4.88. The maximum absolute atomic E-state index is 13.7. The zero-order valence-corrected chi connectivity index (χ0v) is 26.4. The number of aliphatic hydroxyl groups excluding tert-OH is 1. The van der Waals surface area contributed by atoms with Gasteiger partial charge in [0.05, 0.1) is 16.9 Å². The van der Waals surface area contributed by atoms with Gasteiger partial charge in [-0.05, 0) is 99.7 Å². The van der Waals surface area contributed by atoms with Gasteiger partial charge in [0.1, 0.15) is 5.82 Å². The minimum Gasteiger partial charge on any atom is -0.400 e. The van der Waals surface area contributed by atoms with E-state index in [4.69, 9.17) is 22.4 Å². The summed E-state index contributed by atoms with van der Waals surface area (Å²) in [5, 5.41) is 13.6. The number of pyridine rings is 1. The Morgan fingerprint density at radius 2 is 1.74 bits per heavy atom. The Kier molecular flexibility index (Phi) is 21.3. The molecule has 3 aromatic rings. The Hall–Kier alpha value is -3.41. The molecule has 6 nitrogen and oxygen atoms in total. The van der Waals surface area contributed by atoms with E-state index in [1.165, 1.54) is 32.0 Å². The SMILES string of the molecule is C#C.C=CNc1ccc(Cl)cc1.CCCCCC(N)(c1ccc(F)c(NC)c1)c1ccccn1.CN1CCCC1.CO. The number of likely N-dealkylation sites (tertiary alicyclic amines) is 1. The number of aromatic nitrogens is 1. The van der Waals surface area contributed by atoms with Gasteiger partial charge in [-0.15, -0.1) is 12.8 Å². The predicted molar refractivity (Wildman–Crippen MR) is 179 cm³/mol. The minimum absolute atomic E-state index is 0.275. The number of nitrogens with two attached hydrogens (primary N) is 1. The molecule has 4 rings (SSSR count). The molecule has 0 aliphatic carbocycles. The second-order valence-corrected chi connectivity index (χ2v) is 9.89. The largest absolute Gasteiger partial charge is 0.400 e. The number of anilines is 2. The lowest BCUT2D eigenvalue weighted by Crippen LogP contribution is -2.39. The van der Waals surface area contributed by atoms with E-state index in [1.54, 1.807) is 31.6 Å². The van der Waals surface area contributed by atoms with Crippen LogP contribution in [-0.2, 0) is 5.54 Å². The average molecular weight is 598 g/mol. The first-order valence-corrected chi connectivity index (χ1v) is 14.5. The Morgan fingerprint density at radius 3 is 2.21 bits per heavy atom. The van der Waals surface area contributed by atoms with Crippen molar-refractivity contribution in [1.29, 1.82) is 0 Å². The highest BCUT2D eigenvalue weighted by Gasteiger charge is 2.31. The molecule has 5 N–H and O–H groups in total. The van der Waals surface area contributed by atoms with Crippen LogP contribution >= 0.6 is 11.6 Å². The highest BCUT2D eigenvalue weighted by Crippen LogP contribution is 2.33. The van der Waals surface area contributed by atoms with E-state index in [1.807, 2.05) is 42.5 Å². The summed E-state index contributed by atoms with van der Waals surface area (Å²) in [5.41, 5.74) is 9.20. The van der Waals surface area contributed by atoms with Crippen LogP contribution in [-0.4, -0.2) is 49.3 Å². The second-order valence-electron chi connectivity index (χ2n) is 9.45. The first-order valence-electron chi connectivity index (χ1n) is 14.1. The van der Waals surface area contributed by atoms with Crippen molar-refractivity contribution in [2.24, 2.45) is 5.73 Å². The molecule has 0 spiro atoms. The van der Waals surface area contributed by atoms with Crippen molar-refractivity contribution < 1.29 is 9.50 Å². The topological polar surface area (TPSA) is 86.4 Å². The van der Waals surface area contributed by atoms with Gasteiger partial charge >= 0.3 is 0 Å². The van der Waals surface area contributed by atoms with Crippen LogP contribution in [0.5, 0.6) is 0 Å². The molecule has 230 valence electrons. The van der Waals surface area contributed by atoms with Crippen LogP contribution < -0.4 is 16.4 Å². The van der Waals surface area contributed by atoms with Crippen molar-refractivity contribution in [1.82, 2.24) is 9.88 Å². The molecule has 2 heterocycles. The van der Waals surface area contributed by atoms with Crippen molar-refractivity contribution in [2.45, 2.75) is 51.0 Å². The van der Waals surface area contributed by atoms with Crippen LogP contribution in [0.4, 0.5) is 15.8 Å². The van der Waals surface area contributed by atoms with Crippen LogP contribution in [0, 0.1) is 18.7 Å². The number of hydrogen-bond donors (Lipinski definition) is 4. The first kappa shape index (κ1) is 38.6. The molecule has 8 heteroatoms. The van der Waals surface area contributed by atoms with Crippen LogP contribution in [0.15, 0.2) is 79.6 Å². The van der Waals surface area contributed by atoms with Gasteiger partial charge in [0, 0.05) is 31.1 Å². The van der Waals surface area contributed by atoms with Gasteiger partial charge in [0.15, 0.2) is 0 Å². The molecule has 42 heavy (non-hydrogen) atoms. The molecule has 0 saturated carbocycles. The van der Waals surface area contributed by atoms with E-state index >= 15 is 0 Å². The highest BCUT2D eigenvalue weighted by molar-refractivity contribution is 6.30. The van der Waals surface area contributed by atoms with Crippen molar-refractivity contribution in [2.75, 3.05) is 44.9 Å². The van der Waals surface area contributed by atoms with Crippen molar-refractivity contribution in [3.8, 4) is 12.8 Å². The van der Waals surface area contributed by atoms with Crippen LogP contribution in [0.3, 0.4) is 0 Å². The summed E-state index contributed by atoms with van der Waals surface area (Å²) < 4.78 is 13.7. The molecular weight excluding hydrogens is 549 g/mol. The Balaban J connectivity index is 0.000000688. The zero-order valence-electron chi connectivity index (χ0n) is 25.6. The van der Waals surface area contributed by atoms with E-state index in [2.05, 4.69) is 53.9 Å². The van der Waals surface area contributed by atoms with Gasteiger partial charge in [-0.1, -0.05) is 56.5 Å². The summed E-state index contributed by atoms with van der Waals surface area (Å²) in [5.74, 6) is -0.275. The normalized spacial score (nSPS) is 13.1. The first-order chi connectivity index (χ1) is 20.3. The van der Waals surface area contributed by atoms with Gasteiger partial charge in [0.25, 0.3) is 0 Å². The quantitative estimate of drug-likeness (QED) is 0.151. The number of hydrogen-bond acceptors (Lipinski definition) is 6. The van der Waals surface area contributed by atoms with Gasteiger partial charge < -0.3 is 26.4 Å². The van der Waals surface area contributed by atoms with Gasteiger partial charge in [-0.2, -0.15) is 0 Å². The lowest BCUT2D eigenvalue weighted by atomic mass is 9.82. The minimum atomic E-state index is -0.699. The summed E-state index contributed by atoms with van der Waals surface area (Å²) in [6.07, 6.45) is 18.2. The van der Waals surface area contributed by atoms with Crippen molar-refractivity contribution in [3.05, 3.63) is 102 Å². The Morgan fingerprint density at radius 1 is 1.10 bits per heavy atom. The molecular formula is C34H49ClFN5O. The highest BCUT2D eigenvalue weighted by atomic mass is 35.5. The van der Waals surface area contributed by atoms with Gasteiger partial charge in [-0.3, -0.25) is 4.98 Å². The number of halogens is 2. The van der Waals surface area contributed by atoms with Crippen LogP contribution in [0.1, 0.15) is 56.7 Å². The maximum atomic E-state index is 13.7. The number of nitrogens with zero attached hydrogens (tertiary/aromatic N) is 2. The molecule has 1 fully saturated rings. The monoisotopic (exact) mass is 597 g/mol. The summed E-state index contributed by atoms with van der Waals surface area (Å²) in [6.45, 7) is 8.34. The van der Waals surface area contributed by atoms with Gasteiger partial charge in [-0.25, -0.2) is 4.39 Å². The summed E-state index contributed by atoms with van der Waals surface area (Å²) in [6, 6.07) is 18.2. The number of rotatable bonds is 9. The molecule has 1 aliphatic rings. The van der Waals surface area contributed by atoms with Crippen LogP contribution in [0.2, 0.25) is 5.02 Å². The summed E-state index contributed by atoms with van der Waals surface area (Å²) in [4.78, 5) is 6.81. The summed E-state index contributed by atoms with van der Waals surface area (Å²) >= 11 is 5.66. The maximum Gasteiger partial charge on any atom is 0.146 e. The smallest absolute Gasteiger partial charge is 0.146 e. The van der Waals surface area contributed by atoms with E-state index in [-0.39, 0.29) is 5.82 Å². The predicted octanol–water partition coefficient (Wildman–Crippen LogP) is 7.51. The molecule has 1 aliphatic heterocycles. The van der Waals surface area contributed by atoms with E-state index < -0.39 is 5.54 Å². The fraction of sp³-hybridized carbons (Fsp3) is 0.382. The second kappa shape index (κ2) is 23.2. The third-order valence-corrected chi connectivity index (χ3v) is 6.74. The number of terminal acetylenes is 1. The fourth-order valence-electron chi connectivity index (χ4n) is 4.23. The number of nitrogens with one attached hydrogen (secondary N) is 2. The molecule has 0 bridgehead atoms. The zero-order chi connectivity index (χ0) is 31.8. The number of unbranched alkanes of at least 4 members (excludes halogenated alkanes) is 2. The van der Waals surface area contributed by atoms with Crippen LogP contribution in [0.25, 0.3) is 0 Å². The molecule has 1 atom stereocenters. The Bertz CT molecular complexity index is 1120. The average Bonchev–Trinajstić information content (AvgIpc) is 3.52. The standard InChI is InChI=1S/C18H24FN3.C8H8ClN.C5H11N.C2H2.CH4O/c1-3-4-6-11-18(20,17-8-5-7-12-22-17)14-9-10-15(19)16(13-14)21-2;1-2-10-8-5-3-7(9)4-6-8;1-6-4-2-3-5-6;2*1-2/h5,7-10,12-13,21H,3-4,6,11,20H2,1-2H3;2-6,10H,1H2;2-5H2,1H3;1-2H;2H,1H3.